The number of rotatable bonds is 7. The molecule has 208 valence electrons. The molecule has 1 saturated carbocycles. The summed E-state index contributed by atoms with van der Waals surface area (Å²) in [7, 11) is 0. The molecular formula is C30H38ClN5O3. The molecule has 0 radical (unpaired) electrons. The van der Waals surface area contributed by atoms with Crippen molar-refractivity contribution in [2.24, 2.45) is 11.8 Å². The lowest BCUT2D eigenvalue weighted by molar-refractivity contribution is -0.117. The van der Waals surface area contributed by atoms with Crippen LogP contribution in [0.4, 0.5) is 5.82 Å². The molecule has 39 heavy (non-hydrogen) atoms. The zero-order valence-electron chi connectivity index (χ0n) is 22.9. The standard InChI is InChI=1S/C30H38ClN5O3/c1-18(2)15-36-26(4-7-33-36)23-13-24(23)29(38)34-28-12-20-10-22(25(31)11-21(20)14-32-28)19-5-8-35(9-6-19)30(3)17-39-16-27(30)37/h4,7,10-12,14,18-19,23-24,27,37H,5-6,8-9,13,15-17H2,1-3H3,(H,32,34,38). The molecule has 4 atom stereocenters. The average molecular weight is 552 g/mol. The van der Waals surface area contributed by atoms with Crippen molar-refractivity contribution in [1.82, 2.24) is 19.7 Å². The van der Waals surface area contributed by atoms with Gasteiger partial charge in [0.15, 0.2) is 0 Å². The number of likely N-dealkylation sites (tertiary alicyclic amines) is 1. The number of aliphatic hydroxyl groups is 1. The number of benzene rings is 1. The van der Waals surface area contributed by atoms with Crippen LogP contribution in [0.1, 0.15) is 63.1 Å². The van der Waals surface area contributed by atoms with Gasteiger partial charge in [0.2, 0.25) is 5.91 Å². The third-order valence-corrected chi connectivity index (χ3v) is 9.26. The molecule has 2 aliphatic heterocycles. The van der Waals surface area contributed by atoms with Crippen LogP contribution in [0.5, 0.6) is 0 Å². The van der Waals surface area contributed by atoms with Crippen molar-refractivity contribution in [3.8, 4) is 0 Å². The van der Waals surface area contributed by atoms with Crippen molar-refractivity contribution in [3.63, 3.8) is 0 Å². The minimum Gasteiger partial charge on any atom is -0.389 e. The minimum atomic E-state index is -0.451. The lowest BCUT2D eigenvalue weighted by Gasteiger charge is -2.43. The number of anilines is 1. The molecule has 9 heteroatoms. The molecule has 8 nitrogen and oxygen atoms in total. The third kappa shape index (κ3) is 5.20. The molecule has 2 aromatic heterocycles. The van der Waals surface area contributed by atoms with E-state index in [0.717, 1.165) is 65.9 Å². The van der Waals surface area contributed by atoms with E-state index in [9.17, 15) is 9.90 Å². The number of hydrogen-bond acceptors (Lipinski definition) is 6. The Morgan fingerprint density at radius 2 is 2.05 bits per heavy atom. The van der Waals surface area contributed by atoms with Gasteiger partial charge in [-0.1, -0.05) is 25.4 Å². The van der Waals surface area contributed by atoms with Crippen molar-refractivity contribution in [1.29, 1.82) is 0 Å². The molecule has 1 amide bonds. The van der Waals surface area contributed by atoms with Gasteiger partial charge in [-0.15, -0.1) is 0 Å². The second kappa shape index (κ2) is 10.5. The smallest absolute Gasteiger partial charge is 0.229 e. The van der Waals surface area contributed by atoms with Crippen LogP contribution < -0.4 is 5.32 Å². The van der Waals surface area contributed by atoms with Crippen molar-refractivity contribution in [2.45, 2.75) is 70.1 Å². The van der Waals surface area contributed by atoms with Gasteiger partial charge >= 0.3 is 0 Å². The number of fused-ring (bicyclic) bond motifs is 1. The number of halogens is 1. The van der Waals surface area contributed by atoms with Crippen LogP contribution in [0.3, 0.4) is 0 Å². The van der Waals surface area contributed by atoms with Gasteiger partial charge < -0.3 is 15.2 Å². The highest BCUT2D eigenvalue weighted by molar-refractivity contribution is 6.32. The summed E-state index contributed by atoms with van der Waals surface area (Å²) < 4.78 is 7.59. The first-order chi connectivity index (χ1) is 18.7. The van der Waals surface area contributed by atoms with Crippen LogP contribution in [0.25, 0.3) is 10.8 Å². The quantitative estimate of drug-likeness (QED) is 0.438. The van der Waals surface area contributed by atoms with Crippen molar-refractivity contribution >= 4 is 34.1 Å². The number of aromatic nitrogens is 3. The molecule has 3 fully saturated rings. The number of aliphatic hydroxyl groups excluding tert-OH is 1. The molecule has 4 heterocycles. The second-order valence-corrected chi connectivity index (χ2v) is 12.6. The Morgan fingerprint density at radius 1 is 1.26 bits per heavy atom. The predicted molar refractivity (Wildman–Crippen MR) is 152 cm³/mol. The monoisotopic (exact) mass is 551 g/mol. The van der Waals surface area contributed by atoms with E-state index >= 15 is 0 Å². The van der Waals surface area contributed by atoms with Crippen LogP contribution in [0, 0.1) is 11.8 Å². The van der Waals surface area contributed by atoms with E-state index in [1.165, 1.54) is 0 Å². The summed E-state index contributed by atoms with van der Waals surface area (Å²) in [5.41, 5.74) is 1.97. The van der Waals surface area contributed by atoms with E-state index < -0.39 is 6.10 Å². The van der Waals surface area contributed by atoms with E-state index in [0.29, 0.717) is 30.9 Å². The highest BCUT2D eigenvalue weighted by Gasteiger charge is 2.46. The molecule has 1 aromatic carbocycles. The number of nitrogens with one attached hydrogen (secondary N) is 1. The zero-order valence-corrected chi connectivity index (χ0v) is 23.7. The van der Waals surface area contributed by atoms with Gasteiger partial charge in [-0.25, -0.2) is 4.98 Å². The van der Waals surface area contributed by atoms with E-state index in [1.807, 2.05) is 29.1 Å². The van der Waals surface area contributed by atoms with Crippen LogP contribution in [-0.4, -0.2) is 68.6 Å². The van der Waals surface area contributed by atoms with Crippen LogP contribution >= 0.6 is 11.6 Å². The third-order valence-electron chi connectivity index (χ3n) is 8.93. The highest BCUT2D eigenvalue weighted by Crippen LogP contribution is 2.48. The van der Waals surface area contributed by atoms with Crippen molar-refractivity contribution in [2.75, 3.05) is 31.6 Å². The van der Waals surface area contributed by atoms with Crippen LogP contribution in [0.2, 0.25) is 5.02 Å². The number of carbonyl (C=O) groups is 1. The van der Waals surface area contributed by atoms with Crippen molar-refractivity contribution < 1.29 is 14.6 Å². The first-order valence-electron chi connectivity index (χ1n) is 14.2. The van der Waals surface area contributed by atoms with Gasteiger partial charge in [-0.3, -0.25) is 14.4 Å². The molecule has 3 aliphatic rings. The topological polar surface area (TPSA) is 92.5 Å². The van der Waals surface area contributed by atoms with Crippen LogP contribution in [0.15, 0.2) is 36.7 Å². The van der Waals surface area contributed by atoms with Gasteiger partial charge in [0, 0.05) is 46.9 Å². The Bertz CT molecular complexity index is 1370. The molecule has 1 aliphatic carbocycles. The molecule has 0 bridgehead atoms. The summed E-state index contributed by atoms with van der Waals surface area (Å²) in [6, 6.07) is 8.14. The van der Waals surface area contributed by atoms with Gasteiger partial charge in [-0.2, -0.15) is 5.10 Å². The SMILES string of the molecule is CC(C)Cn1nccc1C1CC1C(=O)Nc1cc2cc(C3CCN(C4(C)COCC4O)CC3)c(Cl)cc2cn1. The number of carbonyl (C=O) groups excluding carboxylic acids is 1. The second-order valence-electron chi connectivity index (χ2n) is 12.2. The molecule has 4 unspecified atom stereocenters. The summed E-state index contributed by atoms with van der Waals surface area (Å²) in [6.45, 7) is 10.1. The summed E-state index contributed by atoms with van der Waals surface area (Å²) in [5, 5.41) is 20.7. The lowest BCUT2D eigenvalue weighted by Crippen LogP contribution is -2.56. The Morgan fingerprint density at radius 3 is 2.77 bits per heavy atom. The zero-order chi connectivity index (χ0) is 27.3. The first-order valence-corrected chi connectivity index (χ1v) is 14.5. The van der Waals surface area contributed by atoms with Gasteiger partial charge in [-0.05, 0) is 86.3 Å². The summed E-state index contributed by atoms with van der Waals surface area (Å²) in [6.07, 6.45) is 5.94. The summed E-state index contributed by atoms with van der Waals surface area (Å²) in [5.74, 6) is 1.58. The molecule has 2 saturated heterocycles. The number of piperidine rings is 1. The molecule has 0 spiro atoms. The number of pyridine rings is 1. The largest absolute Gasteiger partial charge is 0.389 e. The minimum absolute atomic E-state index is 0.0114. The number of nitrogens with zero attached hydrogens (tertiary/aromatic N) is 4. The van der Waals surface area contributed by atoms with E-state index in [2.05, 4.69) is 47.1 Å². The predicted octanol–water partition coefficient (Wildman–Crippen LogP) is 4.81. The lowest BCUT2D eigenvalue weighted by atomic mass is 9.85. The number of amides is 1. The van der Waals surface area contributed by atoms with E-state index in [-0.39, 0.29) is 23.3 Å². The molecule has 6 rings (SSSR count). The number of hydrogen-bond donors (Lipinski definition) is 2. The van der Waals surface area contributed by atoms with E-state index in [4.69, 9.17) is 16.3 Å². The molecule has 2 N–H and O–H groups in total. The maximum atomic E-state index is 13.1. The van der Waals surface area contributed by atoms with Crippen LogP contribution in [-0.2, 0) is 16.1 Å². The Labute approximate surface area is 234 Å². The fourth-order valence-corrected chi connectivity index (χ4v) is 6.73. The fraction of sp³-hybridized carbons (Fsp3) is 0.567. The highest BCUT2D eigenvalue weighted by atomic mass is 35.5. The molecular weight excluding hydrogens is 514 g/mol. The van der Waals surface area contributed by atoms with Gasteiger partial charge in [0.25, 0.3) is 0 Å². The van der Waals surface area contributed by atoms with E-state index in [1.54, 1.807) is 6.20 Å². The first kappa shape index (κ1) is 26.7. The van der Waals surface area contributed by atoms with Gasteiger partial charge in [0.1, 0.15) is 5.82 Å². The Balaban J connectivity index is 1.13. The molecule has 3 aromatic rings. The number of ether oxygens (including phenoxy) is 1. The Hall–Kier alpha value is -2.52. The normalized spacial score (nSPS) is 27.9. The summed E-state index contributed by atoms with van der Waals surface area (Å²) in [4.78, 5) is 19.9. The van der Waals surface area contributed by atoms with Crippen molar-refractivity contribution in [3.05, 3.63) is 52.9 Å². The fourth-order valence-electron chi connectivity index (χ4n) is 6.41. The summed E-state index contributed by atoms with van der Waals surface area (Å²) >= 11 is 6.76. The Kier molecular flexibility index (Phi) is 7.16. The maximum absolute atomic E-state index is 13.1. The van der Waals surface area contributed by atoms with Gasteiger partial charge in [0.05, 0.1) is 24.9 Å². The maximum Gasteiger partial charge on any atom is 0.229 e. The average Bonchev–Trinajstić information content (AvgIpc) is 3.46.